The topological polar surface area (TPSA) is 72.4 Å². The van der Waals surface area contributed by atoms with Crippen LogP contribution in [0, 0.1) is 37.5 Å². The zero-order valence-electron chi connectivity index (χ0n) is 26.8. The van der Waals surface area contributed by atoms with Crippen molar-refractivity contribution >= 4 is 11.9 Å². The third-order valence-corrected chi connectivity index (χ3v) is 8.14. The highest BCUT2D eigenvalue weighted by molar-refractivity contribution is 5.95. The van der Waals surface area contributed by atoms with Gasteiger partial charge in [0.25, 0.3) is 11.8 Å². The van der Waals surface area contributed by atoms with E-state index >= 15 is 0 Å². The van der Waals surface area contributed by atoms with Gasteiger partial charge in [-0.05, 0) is 54.2 Å². The molecule has 2 aromatic carbocycles. The minimum atomic E-state index is -2.85. The van der Waals surface area contributed by atoms with Crippen molar-refractivity contribution in [1.29, 1.82) is 0 Å². The van der Waals surface area contributed by atoms with E-state index in [0.717, 1.165) is 30.4 Å². The van der Waals surface area contributed by atoms with Crippen molar-refractivity contribution in [3.63, 3.8) is 0 Å². The lowest BCUT2D eigenvalue weighted by molar-refractivity contribution is -0.0133. The molecule has 0 spiro atoms. The van der Waals surface area contributed by atoms with Gasteiger partial charge in [-0.2, -0.15) is 8.78 Å². The van der Waals surface area contributed by atoms with Gasteiger partial charge in [-0.15, -0.1) is 0 Å². The fraction of sp³-hybridized carbons (Fsp3) is 0.351. The van der Waals surface area contributed by atoms with Crippen LogP contribution in [-0.2, 0) is 10.7 Å². The minimum Gasteiger partial charge on any atom is -0.465 e. The summed E-state index contributed by atoms with van der Waals surface area (Å²) in [4.78, 5) is 34.2. The van der Waals surface area contributed by atoms with Crippen molar-refractivity contribution in [3.8, 4) is 11.1 Å². The summed E-state index contributed by atoms with van der Waals surface area (Å²) in [7, 11) is 1.37. The molecule has 1 amide bonds. The van der Waals surface area contributed by atoms with E-state index in [2.05, 4.69) is 41.9 Å². The summed E-state index contributed by atoms with van der Waals surface area (Å²) in [5.41, 5.74) is 6.34. The van der Waals surface area contributed by atoms with Gasteiger partial charge in [0.05, 0.1) is 24.6 Å². The van der Waals surface area contributed by atoms with Crippen molar-refractivity contribution in [3.05, 3.63) is 120 Å². The number of esters is 1. The first-order valence-electron chi connectivity index (χ1n) is 15.5. The van der Waals surface area contributed by atoms with Gasteiger partial charge in [-0.25, -0.2) is 9.78 Å². The first-order chi connectivity index (χ1) is 21.6. The molecule has 1 saturated heterocycles. The minimum absolute atomic E-state index is 0. The monoisotopic (exact) mass is 617 g/mol. The van der Waals surface area contributed by atoms with Crippen LogP contribution in [0.1, 0.15) is 69.1 Å². The summed E-state index contributed by atoms with van der Waals surface area (Å²) in [5.74, 6) is -1.72. The molecule has 8 heteroatoms. The lowest BCUT2D eigenvalue weighted by atomic mass is 9.75. The zero-order chi connectivity index (χ0) is 32.7. The largest absolute Gasteiger partial charge is 0.465 e. The number of allylic oxidation sites excluding steroid dienone is 3. The molecule has 1 fully saturated rings. The lowest BCUT2D eigenvalue weighted by Gasteiger charge is -2.42. The number of aryl methyl sites for hydroxylation is 1. The van der Waals surface area contributed by atoms with E-state index in [9.17, 15) is 18.4 Å². The first-order valence-corrected chi connectivity index (χ1v) is 15.5. The van der Waals surface area contributed by atoms with E-state index in [-0.39, 0.29) is 26.8 Å². The molecule has 6 rings (SSSR count). The molecule has 2 aliphatic carbocycles. The van der Waals surface area contributed by atoms with Gasteiger partial charge >= 0.3 is 5.97 Å². The molecule has 0 saturated carbocycles. The molecule has 1 aliphatic heterocycles. The molecule has 3 atom stereocenters. The highest BCUT2D eigenvalue weighted by Gasteiger charge is 2.43. The number of ether oxygens (including phenoxy) is 1. The van der Waals surface area contributed by atoms with Crippen LogP contribution in [0.5, 0.6) is 0 Å². The van der Waals surface area contributed by atoms with Crippen LogP contribution in [0.2, 0.25) is 0 Å². The number of likely N-dealkylation sites (tertiary alicyclic amines) is 1. The van der Waals surface area contributed by atoms with Gasteiger partial charge in [0.15, 0.2) is 0 Å². The second-order valence-electron chi connectivity index (χ2n) is 11.2. The number of hydrogen-bond donors (Lipinski definition) is 0. The molecular weight excluding hydrogens is 572 g/mol. The van der Waals surface area contributed by atoms with Crippen LogP contribution in [0.15, 0.2) is 84.2 Å². The fourth-order valence-corrected chi connectivity index (χ4v) is 5.61. The fourth-order valence-electron chi connectivity index (χ4n) is 5.61. The Kier molecular flexibility index (Phi) is 11.0. The van der Waals surface area contributed by atoms with Crippen molar-refractivity contribution < 1.29 is 26.0 Å². The molecule has 1 aromatic heterocycles. The first kappa shape index (κ1) is 33.7. The Morgan fingerprint density at radius 2 is 1.49 bits per heavy atom. The van der Waals surface area contributed by atoms with Crippen LogP contribution in [0.4, 0.5) is 8.78 Å². The van der Waals surface area contributed by atoms with E-state index in [1.165, 1.54) is 31.4 Å². The number of piperidine rings is 1. The average molecular weight is 618 g/mol. The second-order valence-corrected chi connectivity index (χ2v) is 11.2. The molecule has 2 radical (unpaired) electrons. The van der Waals surface area contributed by atoms with Crippen molar-refractivity contribution in [1.82, 2.24) is 14.9 Å². The van der Waals surface area contributed by atoms with Gasteiger partial charge in [-0.3, -0.25) is 9.78 Å². The molecule has 0 bridgehead atoms. The van der Waals surface area contributed by atoms with Gasteiger partial charge in [-0.1, -0.05) is 75.3 Å². The van der Waals surface area contributed by atoms with Gasteiger partial charge in [0.2, 0.25) is 0 Å². The number of benzene rings is 2. The number of nitrogens with zero attached hydrogens (tertiary/aromatic N) is 3. The molecule has 240 valence electrons. The Hall–Kier alpha value is -4.20. The number of rotatable bonds is 7. The summed E-state index contributed by atoms with van der Waals surface area (Å²) >= 11 is 0. The molecule has 45 heavy (non-hydrogen) atoms. The van der Waals surface area contributed by atoms with Crippen LogP contribution < -0.4 is 0 Å². The summed E-state index contributed by atoms with van der Waals surface area (Å²) in [5, 5.41) is 0. The average Bonchev–Trinajstić information content (AvgIpc) is 4.00. The maximum atomic E-state index is 13.2. The molecular formula is C37H45F2N3O3. The van der Waals surface area contributed by atoms with E-state index in [4.69, 9.17) is 4.74 Å². The van der Waals surface area contributed by atoms with Crippen LogP contribution >= 0.6 is 0 Å². The molecule has 2 heterocycles. The molecule has 0 N–H and O–H groups in total. The number of carbonyl (C=O) groups is 2. The maximum absolute atomic E-state index is 13.2. The molecule has 6 nitrogen and oxygen atoms in total. The lowest BCUT2D eigenvalue weighted by Crippen LogP contribution is -2.47. The van der Waals surface area contributed by atoms with Gasteiger partial charge in [0, 0.05) is 52.9 Å². The van der Waals surface area contributed by atoms with E-state index in [0.29, 0.717) is 34.6 Å². The molecule has 0 unspecified atom stereocenters. The second kappa shape index (κ2) is 14.7. The molecule has 3 aliphatic rings. The predicted octanol–water partition coefficient (Wildman–Crippen LogP) is 8.56. The van der Waals surface area contributed by atoms with Crippen molar-refractivity contribution in [2.24, 2.45) is 17.8 Å². The summed E-state index contributed by atoms with van der Waals surface area (Å²) in [6, 6.07) is 15.0. The number of amides is 1. The Bertz CT molecular complexity index is 1560. The Balaban J connectivity index is 0.000000408. The Morgan fingerprint density at radius 3 is 1.98 bits per heavy atom. The highest BCUT2D eigenvalue weighted by Crippen LogP contribution is 2.47. The summed E-state index contributed by atoms with van der Waals surface area (Å²) in [6.07, 6.45) is 11.1. The quantitative estimate of drug-likeness (QED) is 0.249. The van der Waals surface area contributed by atoms with Crippen molar-refractivity contribution in [2.75, 3.05) is 20.2 Å². The highest BCUT2D eigenvalue weighted by atomic mass is 19.3. The van der Waals surface area contributed by atoms with Crippen molar-refractivity contribution in [2.45, 2.75) is 47.0 Å². The smallest absolute Gasteiger partial charge is 0.337 e. The zero-order valence-corrected chi connectivity index (χ0v) is 26.8. The number of hydrogen-bond acceptors (Lipinski definition) is 5. The van der Waals surface area contributed by atoms with Crippen LogP contribution in [-0.4, -0.2) is 46.9 Å². The predicted molar refractivity (Wildman–Crippen MR) is 177 cm³/mol. The van der Waals surface area contributed by atoms with E-state index < -0.39 is 5.92 Å². The van der Waals surface area contributed by atoms with Crippen LogP contribution in [0.25, 0.3) is 11.1 Å². The Morgan fingerprint density at radius 1 is 0.933 bits per heavy atom. The standard InChI is InChI=1S/C27H25NO3.C8H10F2N2.C2H6.2H2/c1-17-15-28(16-24(20-7-8-20)25(17)21-9-10-21)26(29)22-11-3-18(4-12-22)19-5-13-23(14-6-19)27(30)31-2;1-3-8(9,10)7-5-11-4-6(2)12-7;1-2;;/h3-14,17,24-25H,15-16H2,1-2H3;4-5H,3H2,1-2H3;1-2H3;2*1H/t17-,24+,25-;;;;/m0..../s1. The normalized spacial score (nSPS) is 19.9. The number of methoxy groups -OCH3 is 1. The van der Waals surface area contributed by atoms with Gasteiger partial charge in [0.1, 0.15) is 5.69 Å². The Labute approximate surface area is 268 Å². The van der Waals surface area contributed by atoms with Crippen LogP contribution in [0.3, 0.4) is 0 Å². The summed E-state index contributed by atoms with van der Waals surface area (Å²) in [6.45, 7) is 10.9. The maximum Gasteiger partial charge on any atom is 0.337 e. The third-order valence-electron chi connectivity index (χ3n) is 8.14. The third kappa shape index (κ3) is 8.29. The number of alkyl halides is 2. The van der Waals surface area contributed by atoms with E-state index in [1.807, 2.05) is 55.1 Å². The SMILES string of the molecule is CC.CCC(F)(F)c1cncc(C)n1.COC(=O)c1ccc(-c2ccc(C(=O)N3C[C@H](C4=C[CH]4)[C@H](C4=C[CH]4)[C@@H](C)C3)cc2)cc1.[HH].[HH]. The number of halogens is 2. The van der Waals surface area contributed by atoms with E-state index in [1.54, 1.807) is 19.1 Å². The summed E-state index contributed by atoms with van der Waals surface area (Å²) < 4.78 is 30.7. The van der Waals surface area contributed by atoms with Gasteiger partial charge < -0.3 is 9.64 Å². The molecule has 3 aromatic rings. The number of carbonyl (C=O) groups excluding carboxylic acids is 2. The number of aromatic nitrogens is 2.